The van der Waals surface area contributed by atoms with Crippen LogP contribution in [0.1, 0.15) is 28.8 Å². The second kappa shape index (κ2) is 4.90. The molecule has 2 rings (SSSR count). The Morgan fingerprint density at radius 3 is 2.47 bits per heavy atom. The average Bonchev–Trinajstić information content (AvgIpc) is 2.81. The first-order valence-corrected chi connectivity index (χ1v) is 5.85. The number of hydrogen-bond donors (Lipinski definition) is 2. The van der Waals surface area contributed by atoms with E-state index in [1.807, 2.05) is 11.8 Å². The van der Waals surface area contributed by atoms with E-state index in [9.17, 15) is 4.79 Å². The van der Waals surface area contributed by atoms with Gasteiger partial charge < -0.3 is 14.9 Å². The Balaban J connectivity index is 2.23. The molecule has 1 saturated heterocycles. The summed E-state index contributed by atoms with van der Waals surface area (Å²) in [5, 5.41) is 18.1. The summed E-state index contributed by atoms with van der Waals surface area (Å²) in [5.74, 6) is 0.0407. The number of rotatable bonds is 2. The number of carbonyl (C=O) groups is 1. The summed E-state index contributed by atoms with van der Waals surface area (Å²) in [6.45, 7) is 3.46. The number of hydrogen-bond acceptors (Lipinski definition) is 3. The van der Waals surface area contributed by atoms with Crippen LogP contribution in [0.5, 0.6) is 0 Å². The standard InChI is InChI=1S/C12H16BNO3/c1-9-8-10(13(16)17)4-5-11(9)12(15)14-6-2-3-7-14/h4-5,8,16-17H,2-3,6-7H2,1H3. The van der Waals surface area contributed by atoms with E-state index < -0.39 is 7.12 Å². The second-order valence-corrected chi connectivity index (χ2v) is 4.45. The van der Waals surface area contributed by atoms with Crippen LogP contribution in [0.25, 0.3) is 0 Å². The molecule has 1 aromatic carbocycles. The molecule has 17 heavy (non-hydrogen) atoms. The third kappa shape index (κ3) is 2.51. The van der Waals surface area contributed by atoms with E-state index >= 15 is 0 Å². The van der Waals surface area contributed by atoms with Crippen LogP contribution in [0.2, 0.25) is 0 Å². The number of aryl methyl sites for hydroxylation is 1. The Bertz CT molecular complexity index is 428. The van der Waals surface area contributed by atoms with Gasteiger partial charge in [-0.2, -0.15) is 0 Å². The minimum atomic E-state index is -1.48. The van der Waals surface area contributed by atoms with Crippen LogP contribution in [-0.2, 0) is 0 Å². The number of amides is 1. The zero-order valence-electron chi connectivity index (χ0n) is 9.89. The van der Waals surface area contributed by atoms with Crippen LogP contribution < -0.4 is 5.46 Å². The third-order valence-electron chi connectivity index (χ3n) is 3.17. The maximum absolute atomic E-state index is 12.1. The lowest BCUT2D eigenvalue weighted by Gasteiger charge is -2.17. The smallest absolute Gasteiger partial charge is 0.423 e. The molecule has 1 aliphatic heterocycles. The Hall–Kier alpha value is -1.33. The van der Waals surface area contributed by atoms with Crippen LogP contribution in [0.15, 0.2) is 18.2 Å². The predicted molar refractivity (Wildman–Crippen MR) is 66.1 cm³/mol. The zero-order chi connectivity index (χ0) is 12.4. The molecule has 0 radical (unpaired) electrons. The lowest BCUT2D eigenvalue weighted by molar-refractivity contribution is 0.0792. The molecule has 1 amide bonds. The molecule has 90 valence electrons. The lowest BCUT2D eigenvalue weighted by atomic mass is 9.79. The van der Waals surface area contributed by atoms with Crippen LogP contribution in [0.4, 0.5) is 0 Å². The molecule has 1 aliphatic rings. The monoisotopic (exact) mass is 233 g/mol. The maximum Gasteiger partial charge on any atom is 0.488 e. The molecule has 0 aliphatic carbocycles. The summed E-state index contributed by atoms with van der Waals surface area (Å²) in [7, 11) is -1.48. The highest BCUT2D eigenvalue weighted by atomic mass is 16.4. The van der Waals surface area contributed by atoms with Crippen molar-refractivity contribution in [3.63, 3.8) is 0 Å². The first-order chi connectivity index (χ1) is 8.09. The number of nitrogens with zero attached hydrogens (tertiary/aromatic N) is 1. The SMILES string of the molecule is Cc1cc(B(O)O)ccc1C(=O)N1CCCC1. The normalized spacial score (nSPS) is 15.1. The van der Waals surface area contributed by atoms with Crippen molar-refractivity contribution in [3.8, 4) is 0 Å². The van der Waals surface area contributed by atoms with Crippen molar-refractivity contribution in [2.75, 3.05) is 13.1 Å². The molecule has 1 aromatic rings. The summed E-state index contributed by atoms with van der Waals surface area (Å²) in [6, 6.07) is 4.90. The van der Waals surface area contributed by atoms with Crippen LogP contribution >= 0.6 is 0 Å². The summed E-state index contributed by atoms with van der Waals surface area (Å²) >= 11 is 0. The van der Waals surface area contributed by atoms with Crippen molar-refractivity contribution >= 4 is 18.5 Å². The van der Waals surface area contributed by atoms with Gasteiger partial charge in [0.1, 0.15) is 0 Å². The van der Waals surface area contributed by atoms with Gasteiger partial charge in [-0.1, -0.05) is 12.1 Å². The third-order valence-corrected chi connectivity index (χ3v) is 3.17. The van der Waals surface area contributed by atoms with Gasteiger partial charge in [-0.25, -0.2) is 0 Å². The highest BCUT2D eigenvalue weighted by Crippen LogP contribution is 2.15. The Morgan fingerprint density at radius 1 is 1.29 bits per heavy atom. The Labute approximate surface area is 101 Å². The Kier molecular flexibility index (Phi) is 3.50. The van der Waals surface area contributed by atoms with Gasteiger partial charge >= 0.3 is 7.12 Å². The van der Waals surface area contributed by atoms with Crippen molar-refractivity contribution in [2.45, 2.75) is 19.8 Å². The Morgan fingerprint density at radius 2 is 1.94 bits per heavy atom. The van der Waals surface area contributed by atoms with Gasteiger partial charge in [-0.3, -0.25) is 4.79 Å². The minimum Gasteiger partial charge on any atom is -0.423 e. The molecule has 2 N–H and O–H groups in total. The lowest BCUT2D eigenvalue weighted by Crippen LogP contribution is -2.32. The molecule has 0 aromatic heterocycles. The number of benzene rings is 1. The van der Waals surface area contributed by atoms with Gasteiger partial charge in [0, 0.05) is 18.7 Å². The fourth-order valence-corrected chi connectivity index (χ4v) is 2.18. The molecule has 1 heterocycles. The topological polar surface area (TPSA) is 60.8 Å². The van der Waals surface area contributed by atoms with E-state index in [2.05, 4.69) is 0 Å². The molecule has 0 spiro atoms. The largest absolute Gasteiger partial charge is 0.488 e. The molecular weight excluding hydrogens is 217 g/mol. The maximum atomic E-state index is 12.1. The second-order valence-electron chi connectivity index (χ2n) is 4.45. The first kappa shape index (κ1) is 12.1. The molecule has 0 saturated carbocycles. The van der Waals surface area contributed by atoms with Gasteiger partial charge in [-0.15, -0.1) is 0 Å². The zero-order valence-corrected chi connectivity index (χ0v) is 9.89. The highest BCUT2D eigenvalue weighted by Gasteiger charge is 2.21. The van der Waals surface area contributed by atoms with Gasteiger partial charge in [-0.05, 0) is 36.9 Å². The van der Waals surface area contributed by atoms with Crippen molar-refractivity contribution in [1.29, 1.82) is 0 Å². The molecule has 0 unspecified atom stereocenters. The molecular formula is C12H16BNO3. The molecule has 5 heteroatoms. The van der Waals surface area contributed by atoms with E-state index in [0.29, 0.717) is 11.0 Å². The fourth-order valence-electron chi connectivity index (χ4n) is 2.18. The van der Waals surface area contributed by atoms with Crippen molar-refractivity contribution in [1.82, 2.24) is 4.90 Å². The van der Waals surface area contributed by atoms with Gasteiger partial charge in [0.15, 0.2) is 0 Å². The number of carbonyl (C=O) groups excluding carboxylic acids is 1. The average molecular weight is 233 g/mol. The van der Waals surface area contributed by atoms with Crippen molar-refractivity contribution in [2.24, 2.45) is 0 Å². The summed E-state index contributed by atoms with van der Waals surface area (Å²) in [4.78, 5) is 14.0. The van der Waals surface area contributed by atoms with Crippen LogP contribution in [0, 0.1) is 6.92 Å². The predicted octanol–water partition coefficient (Wildman–Crippen LogP) is -0.0892. The van der Waals surface area contributed by atoms with Crippen LogP contribution in [0.3, 0.4) is 0 Å². The van der Waals surface area contributed by atoms with Crippen molar-refractivity contribution < 1.29 is 14.8 Å². The van der Waals surface area contributed by atoms with E-state index in [4.69, 9.17) is 10.0 Å². The molecule has 0 atom stereocenters. The van der Waals surface area contributed by atoms with E-state index in [-0.39, 0.29) is 5.91 Å². The van der Waals surface area contributed by atoms with Gasteiger partial charge in [0.2, 0.25) is 0 Å². The quantitative estimate of drug-likeness (QED) is 0.702. The first-order valence-electron chi connectivity index (χ1n) is 5.85. The summed E-state index contributed by atoms with van der Waals surface area (Å²) in [6.07, 6.45) is 2.14. The summed E-state index contributed by atoms with van der Waals surface area (Å²) in [5.41, 5.74) is 1.85. The fraction of sp³-hybridized carbons (Fsp3) is 0.417. The molecule has 0 bridgehead atoms. The molecule has 4 nitrogen and oxygen atoms in total. The van der Waals surface area contributed by atoms with Crippen molar-refractivity contribution in [3.05, 3.63) is 29.3 Å². The van der Waals surface area contributed by atoms with Gasteiger partial charge in [0.05, 0.1) is 0 Å². The minimum absolute atomic E-state index is 0.0407. The van der Waals surface area contributed by atoms with Crippen LogP contribution in [-0.4, -0.2) is 41.1 Å². The van der Waals surface area contributed by atoms with E-state index in [1.54, 1.807) is 18.2 Å². The van der Waals surface area contributed by atoms with E-state index in [1.165, 1.54) is 0 Å². The molecule has 1 fully saturated rings. The van der Waals surface area contributed by atoms with E-state index in [0.717, 1.165) is 31.5 Å². The van der Waals surface area contributed by atoms with Gasteiger partial charge in [0.25, 0.3) is 5.91 Å². The summed E-state index contributed by atoms with van der Waals surface area (Å²) < 4.78 is 0. The number of likely N-dealkylation sites (tertiary alicyclic amines) is 1. The highest BCUT2D eigenvalue weighted by molar-refractivity contribution is 6.58.